The number of aryl methyl sites for hydroxylation is 1. The van der Waals surface area contributed by atoms with Crippen molar-refractivity contribution >= 4 is 27.9 Å². The first kappa shape index (κ1) is 17.7. The fourth-order valence-corrected chi connectivity index (χ4v) is 2.44. The molecule has 0 fully saturated rings. The number of carboxylic acid groups (broad SMARTS) is 1. The molecule has 1 N–H and O–H groups in total. The van der Waals surface area contributed by atoms with Crippen molar-refractivity contribution in [3.63, 3.8) is 0 Å². The van der Waals surface area contributed by atoms with E-state index in [9.17, 15) is 14.7 Å². The summed E-state index contributed by atoms with van der Waals surface area (Å²) in [5.41, 5.74) is 0.592. The number of ether oxygens (including phenoxy) is 1. The molecule has 0 aliphatic rings. The molecule has 1 unspecified atom stereocenters. The fourth-order valence-electron chi connectivity index (χ4n) is 2.09. The Morgan fingerprint density at radius 1 is 1.29 bits per heavy atom. The van der Waals surface area contributed by atoms with Crippen LogP contribution in [0, 0.1) is 12.3 Å². The lowest BCUT2D eigenvalue weighted by Gasteiger charge is -2.29. The van der Waals surface area contributed by atoms with Crippen LogP contribution in [0.1, 0.15) is 60.4 Å². The third-order valence-corrected chi connectivity index (χ3v) is 4.19. The molecular formula is C16H21BrO4. The predicted molar refractivity (Wildman–Crippen MR) is 84.8 cm³/mol. The van der Waals surface area contributed by atoms with Gasteiger partial charge in [0.15, 0.2) is 0 Å². The molecule has 0 saturated carbocycles. The predicted octanol–water partition coefficient (Wildman–Crippen LogP) is 4.44. The standard InChI is InChI=1S/C16H21BrO4/c1-6-13(16(3,4)5)21-15(20)11-8-12(17)9(2)7-10(11)14(18)19/h7-8,13H,6H2,1-5H3,(H,18,19). The van der Waals surface area contributed by atoms with E-state index >= 15 is 0 Å². The summed E-state index contributed by atoms with van der Waals surface area (Å²) in [5, 5.41) is 9.26. The van der Waals surface area contributed by atoms with Gasteiger partial charge in [0.25, 0.3) is 0 Å². The second-order valence-electron chi connectivity index (χ2n) is 6.12. The number of carboxylic acids is 1. The van der Waals surface area contributed by atoms with Crippen LogP contribution in [0.2, 0.25) is 0 Å². The van der Waals surface area contributed by atoms with Crippen molar-refractivity contribution in [3.8, 4) is 0 Å². The summed E-state index contributed by atoms with van der Waals surface area (Å²) in [4.78, 5) is 23.7. The molecule has 0 aliphatic heterocycles. The average Bonchev–Trinajstić information content (AvgIpc) is 2.36. The fraction of sp³-hybridized carbons (Fsp3) is 0.500. The van der Waals surface area contributed by atoms with E-state index in [2.05, 4.69) is 15.9 Å². The quantitative estimate of drug-likeness (QED) is 0.810. The van der Waals surface area contributed by atoms with Crippen LogP contribution < -0.4 is 0 Å². The molecule has 0 aromatic heterocycles. The number of halogens is 1. The third kappa shape index (κ3) is 4.30. The van der Waals surface area contributed by atoms with Crippen LogP contribution in [0.25, 0.3) is 0 Å². The lowest BCUT2D eigenvalue weighted by molar-refractivity contribution is -0.00428. The SMILES string of the molecule is CCC(OC(=O)c1cc(Br)c(C)cc1C(=O)O)C(C)(C)C. The maximum atomic E-state index is 12.3. The molecule has 0 bridgehead atoms. The molecule has 0 spiro atoms. The maximum Gasteiger partial charge on any atom is 0.339 e. The maximum absolute atomic E-state index is 12.3. The van der Waals surface area contributed by atoms with Crippen LogP contribution in [0.4, 0.5) is 0 Å². The third-order valence-electron chi connectivity index (χ3n) is 3.34. The first-order valence-electron chi connectivity index (χ1n) is 6.82. The summed E-state index contributed by atoms with van der Waals surface area (Å²) < 4.78 is 6.20. The number of rotatable bonds is 4. The van der Waals surface area contributed by atoms with E-state index in [0.717, 1.165) is 5.56 Å². The van der Waals surface area contributed by atoms with Gasteiger partial charge in [-0.1, -0.05) is 43.6 Å². The van der Waals surface area contributed by atoms with Crippen LogP contribution in [-0.2, 0) is 4.74 Å². The summed E-state index contributed by atoms with van der Waals surface area (Å²) in [6.07, 6.45) is 0.400. The number of benzene rings is 1. The Morgan fingerprint density at radius 2 is 1.86 bits per heavy atom. The van der Waals surface area contributed by atoms with Crippen molar-refractivity contribution in [2.24, 2.45) is 5.41 Å². The molecule has 0 radical (unpaired) electrons. The van der Waals surface area contributed by atoms with Gasteiger partial charge < -0.3 is 9.84 Å². The molecule has 0 saturated heterocycles. The minimum Gasteiger partial charge on any atom is -0.478 e. The average molecular weight is 357 g/mol. The van der Waals surface area contributed by atoms with Crippen molar-refractivity contribution in [1.82, 2.24) is 0 Å². The Kier molecular flexibility index (Phi) is 5.56. The van der Waals surface area contributed by atoms with E-state index in [1.165, 1.54) is 12.1 Å². The first-order chi connectivity index (χ1) is 9.57. The molecule has 5 heteroatoms. The molecule has 0 heterocycles. The largest absolute Gasteiger partial charge is 0.478 e. The molecule has 0 aliphatic carbocycles. The van der Waals surface area contributed by atoms with Crippen LogP contribution in [-0.4, -0.2) is 23.1 Å². The van der Waals surface area contributed by atoms with Gasteiger partial charge in [-0.3, -0.25) is 0 Å². The second-order valence-corrected chi connectivity index (χ2v) is 6.97. The highest BCUT2D eigenvalue weighted by atomic mass is 79.9. The lowest BCUT2D eigenvalue weighted by Crippen LogP contribution is -2.31. The van der Waals surface area contributed by atoms with E-state index in [-0.39, 0.29) is 22.6 Å². The van der Waals surface area contributed by atoms with Crippen molar-refractivity contribution in [2.75, 3.05) is 0 Å². The van der Waals surface area contributed by atoms with Gasteiger partial charge in [-0.15, -0.1) is 0 Å². The molecule has 116 valence electrons. The number of carbonyl (C=O) groups is 2. The molecule has 4 nitrogen and oxygen atoms in total. The van der Waals surface area contributed by atoms with Crippen LogP contribution in [0.15, 0.2) is 16.6 Å². The molecule has 1 atom stereocenters. The highest BCUT2D eigenvalue weighted by Crippen LogP contribution is 2.28. The van der Waals surface area contributed by atoms with Gasteiger partial charge in [0.05, 0.1) is 11.1 Å². The molecule has 0 amide bonds. The zero-order valence-electron chi connectivity index (χ0n) is 13.0. The summed E-state index contributed by atoms with van der Waals surface area (Å²) in [6, 6.07) is 2.98. The highest BCUT2D eigenvalue weighted by molar-refractivity contribution is 9.10. The van der Waals surface area contributed by atoms with Crippen molar-refractivity contribution in [2.45, 2.75) is 47.1 Å². The minimum absolute atomic E-state index is 0.0375. The van der Waals surface area contributed by atoms with Gasteiger partial charge in [0.1, 0.15) is 6.10 Å². The van der Waals surface area contributed by atoms with Crippen molar-refractivity contribution < 1.29 is 19.4 Å². The van der Waals surface area contributed by atoms with Crippen LogP contribution in [0.3, 0.4) is 0 Å². The molecule has 21 heavy (non-hydrogen) atoms. The zero-order valence-corrected chi connectivity index (χ0v) is 14.6. The Hall–Kier alpha value is -1.36. The second kappa shape index (κ2) is 6.60. The zero-order chi connectivity index (χ0) is 16.4. The number of esters is 1. The molecule has 1 aromatic rings. The Balaban J connectivity index is 3.18. The summed E-state index contributed by atoms with van der Waals surface area (Å²) in [5.74, 6) is -1.74. The van der Waals surface area contributed by atoms with Gasteiger partial charge >= 0.3 is 11.9 Å². The van der Waals surface area contributed by atoms with Gasteiger partial charge in [-0.05, 0) is 36.5 Å². The Bertz CT molecular complexity index is 558. The normalized spacial score (nSPS) is 12.9. The first-order valence-corrected chi connectivity index (χ1v) is 7.61. The van der Waals surface area contributed by atoms with Crippen molar-refractivity contribution in [3.05, 3.63) is 33.3 Å². The van der Waals surface area contributed by atoms with Crippen LogP contribution >= 0.6 is 15.9 Å². The Morgan fingerprint density at radius 3 is 2.29 bits per heavy atom. The number of hydrogen-bond acceptors (Lipinski definition) is 3. The van der Waals surface area contributed by atoms with Gasteiger partial charge in [0, 0.05) is 4.47 Å². The highest BCUT2D eigenvalue weighted by Gasteiger charge is 2.29. The smallest absolute Gasteiger partial charge is 0.339 e. The Labute approximate surface area is 133 Å². The molecule has 1 rings (SSSR count). The summed E-state index contributed by atoms with van der Waals surface area (Å²) >= 11 is 3.32. The minimum atomic E-state index is -1.14. The summed E-state index contributed by atoms with van der Waals surface area (Å²) in [6.45, 7) is 9.66. The van der Waals surface area contributed by atoms with E-state index in [0.29, 0.717) is 10.9 Å². The van der Waals surface area contributed by atoms with Gasteiger partial charge in [0.2, 0.25) is 0 Å². The lowest BCUT2D eigenvalue weighted by atomic mass is 9.87. The van der Waals surface area contributed by atoms with E-state index in [4.69, 9.17) is 4.74 Å². The van der Waals surface area contributed by atoms with E-state index in [1.807, 2.05) is 27.7 Å². The molecule has 1 aromatic carbocycles. The van der Waals surface area contributed by atoms with E-state index < -0.39 is 11.9 Å². The molecular weight excluding hydrogens is 336 g/mol. The topological polar surface area (TPSA) is 63.6 Å². The van der Waals surface area contributed by atoms with Gasteiger partial charge in [-0.25, -0.2) is 9.59 Å². The monoisotopic (exact) mass is 356 g/mol. The van der Waals surface area contributed by atoms with E-state index in [1.54, 1.807) is 6.92 Å². The number of aromatic carboxylic acids is 1. The van der Waals surface area contributed by atoms with Crippen molar-refractivity contribution in [1.29, 1.82) is 0 Å². The van der Waals surface area contributed by atoms with Gasteiger partial charge in [-0.2, -0.15) is 0 Å². The number of hydrogen-bond donors (Lipinski definition) is 1. The van der Waals surface area contributed by atoms with Crippen LogP contribution in [0.5, 0.6) is 0 Å². The number of carbonyl (C=O) groups excluding carboxylic acids is 1. The summed E-state index contributed by atoms with van der Waals surface area (Å²) in [7, 11) is 0.